The van der Waals surface area contributed by atoms with Crippen LogP contribution < -0.4 is 0 Å². The van der Waals surface area contributed by atoms with Gasteiger partial charge in [0.15, 0.2) is 0 Å². The van der Waals surface area contributed by atoms with Gasteiger partial charge < -0.3 is 10.2 Å². The molecule has 0 saturated carbocycles. The molecule has 0 aromatic rings. The van der Waals surface area contributed by atoms with Gasteiger partial charge in [-0.25, -0.2) is 0 Å². The molecule has 2 N–H and O–H groups in total. The fourth-order valence-electron chi connectivity index (χ4n) is 2.44. The quantitative estimate of drug-likeness (QED) is 0.757. The summed E-state index contributed by atoms with van der Waals surface area (Å²) in [6, 6.07) is 0. The van der Waals surface area contributed by atoms with Gasteiger partial charge in [-0.15, -0.1) is 0 Å². The lowest BCUT2D eigenvalue weighted by atomic mass is 9.70. The van der Waals surface area contributed by atoms with E-state index in [4.69, 9.17) is 0 Å². The van der Waals surface area contributed by atoms with Crippen molar-refractivity contribution in [2.24, 2.45) is 5.41 Å². The van der Waals surface area contributed by atoms with E-state index in [1.165, 1.54) is 0 Å². The van der Waals surface area contributed by atoms with Crippen molar-refractivity contribution in [1.29, 1.82) is 0 Å². The standard InChI is InChI=1S/C10H18O2S2/c11-6-9(3-5-14-7-9)10(12)2-1-4-13-8-10/h11-12H,1-8H2. The maximum Gasteiger partial charge on any atom is 0.0824 e. The summed E-state index contributed by atoms with van der Waals surface area (Å²) < 4.78 is 0. The Hall–Kier alpha value is 0.620. The normalized spacial score (nSPS) is 44.1. The Morgan fingerprint density at radius 1 is 1.07 bits per heavy atom. The minimum absolute atomic E-state index is 0.150. The van der Waals surface area contributed by atoms with Crippen LogP contribution in [-0.4, -0.2) is 45.4 Å². The first kappa shape index (κ1) is 11.1. The Bertz CT molecular complexity index is 196. The van der Waals surface area contributed by atoms with Crippen LogP contribution in [0.25, 0.3) is 0 Å². The third-order valence-corrected chi connectivity index (χ3v) is 6.12. The molecular weight excluding hydrogens is 216 g/mol. The van der Waals surface area contributed by atoms with Crippen LogP contribution in [-0.2, 0) is 0 Å². The summed E-state index contributed by atoms with van der Waals surface area (Å²) >= 11 is 3.70. The Morgan fingerprint density at radius 3 is 2.36 bits per heavy atom. The molecule has 0 aliphatic carbocycles. The second kappa shape index (κ2) is 4.24. The van der Waals surface area contributed by atoms with Gasteiger partial charge in [-0.1, -0.05) is 0 Å². The van der Waals surface area contributed by atoms with E-state index in [2.05, 4.69) is 0 Å². The second-order valence-corrected chi connectivity index (χ2v) is 6.64. The first-order valence-corrected chi connectivity index (χ1v) is 7.52. The highest BCUT2D eigenvalue weighted by Crippen LogP contribution is 2.49. The summed E-state index contributed by atoms with van der Waals surface area (Å²) in [5.41, 5.74) is -0.806. The van der Waals surface area contributed by atoms with Gasteiger partial charge >= 0.3 is 0 Å². The largest absolute Gasteiger partial charge is 0.396 e. The third-order valence-electron chi connectivity index (χ3n) is 3.61. The van der Waals surface area contributed by atoms with Gasteiger partial charge in [-0.05, 0) is 30.8 Å². The minimum Gasteiger partial charge on any atom is -0.396 e. The van der Waals surface area contributed by atoms with E-state index in [9.17, 15) is 10.2 Å². The van der Waals surface area contributed by atoms with Crippen molar-refractivity contribution in [2.75, 3.05) is 29.6 Å². The molecule has 2 aliphatic heterocycles. The SMILES string of the molecule is OCC1(C2(O)CCCSC2)CCSC1. The fourth-order valence-corrected chi connectivity index (χ4v) is 5.30. The number of aliphatic hydroxyl groups is 2. The molecule has 2 fully saturated rings. The minimum atomic E-state index is -0.603. The van der Waals surface area contributed by atoms with Crippen LogP contribution in [0, 0.1) is 5.41 Å². The number of aliphatic hydroxyl groups excluding tert-OH is 1. The summed E-state index contributed by atoms with van der Waals surface area (Å²) in [5.74, 6) is 4.00. The number of hydrogen-bond acceptors (Lipinski definition) is 4. The molecule has 14 heavy (non-hydrogen) atoms. The Balaban J connectivity index is 2.15. The lowest BCUT2D eigenvalue weighted by Gasteiger charge is -2.45. The van der Waals surface area contributed by atoms with Crippen molar-refractivity contribution in [1.82, 2.24) is 0 Å². The van der Waals surface area contributed by atoms with Crippen molar-refractivity contribution in [3.8, 4) is 0 Å². The lowest BCUT2D eigenvalue weighted by Crippen LogP contribution is -2.54. The number of thioether (sulfide) groups is 2. The zero-order valence-corrected chi connectivity index (χ0v) is 10.0. The van der Waals surface area contributed by atoms with Crippen LogP contribution in [0.2, 0.25) is 0 Å². The lowest BCUT2D eigenvalue weighted by molar-refractivity contribution is -0.0858. The number of hydrogen-bond donors (Lipinski definition) is 2. The summed E-state index contributed by atoms with van der Waals surface area (Å²) in [5, 5.41) is 20.2. The van der Waals surface area contributed by atoms with Gasteiger partial charge in [-0.3, -0.25) is 0 Å². The molecule has 2 aliphatic rings. The molecule has 82 valence electrons. The van der Waals surface area contributed by atoms with Crippen LogP contribution in [0.15, 0.2) is 0 Å². The van der Waals surface area contributed by atoms with Gasteiger partial charge in [0, 0.05) is 16.9 Å². The van der Waals surface area contributed by atoms with E-state index in [1.54, 1.807) is 0 Å². The zero-order valence-electron chi connectivity index (χ0n) is 8.37. The van der Waals surface area contributed by atoms with E-state index >= 15 is 0 Å². The van der Waals surface area contributed by atoms with Crippen LogP contribution in [0.5, 0.6) is 0 Å². The predicted molar refractivity (Wildman–Crippen MR) is 63.0 cm³/mol. The highest BCUT2D eigenvalue weighted by atomic mass is 32.2. The Labute approximate surface area is 93.8 Å². The first-order chi connectivity index (χ1) is 6.72. The molecule has 2 nitrogen and oxygen atoms in total. The molecule has 2 saturated heterocycles. The molecule has 0 aromatic carbocycles. The smallest absolute Gasteiger partial charge is 0.0824 e. The molecule has 0 radical (unpaired) electrons. The highest BCUT2D eigenvalue weighted by Gasteiger charge is 2.52. The topological polar surface area (TPSA) is 40.5 Å². The van der Waals surface area contributed by atoms with Crippen LogP contribution in [0.3, 0.4) is 0 Å². The van der Waals surface area contributed by atoms with Crippen LogP contribution in [0.1, 0.15) is 19.3 Å². The molecule has 0 aromatic heterocycles. The maximum atomic E-state index is 10.6. The molecule has 2 atom stereocenters. The van der Waals surface area contributed by atoms with Gasteiger partial charge in [0.25, 0.3) is 0 Å². The van der Waals surface area contributed by atoms with Crippen molar-refractivity contribution in [2.45, 2.75) is 24.9 Å². The van der Waals surface area contributed by atoms with E-state index in [0.717, 1.165) is 42.3 Å². The van der Waals surface area contributed by atoms with E-state index in [0.29, 0.717) is 0 Å². The Morgan fingerprint density at radius 2 is 1.86 bits per heavy atom. The third kappa shape index (κ3) is 1.70. The average molecular weight is 234 g/mol. The van der Waals surface area contributed by atoms with Crippen molar-refractivity contribution in [3.63, 3.8) is 0 Å². The van der Waals surface area contributed by atoms with Crippen LogP contribution in [0.4, 0.5) is 0 Å². The molecule has 0 spiro atoms. The van der Waals surface area contributed by atoms with Gasteiger partial charge in [0.1, 0.15) is 0 Å². The first-order valence-electron chi connectivity index (χ1n) is 5.21. The zero-order chi connectivity index (χ0) is 10.1. The Kier molecular flexibility index (Phi) is 3.37. The van der Waals surface area contributed by atoms with Gasteiger partial charge in [0.05, 0.1) is 12.2 Å². The van der Waals surface area contributed by atoms with E-state index in [-0.39, 0.29) is 12.0 Å². The fraction of sp³-hybridized carbons (Fsp3) is 1.00. The summed E-state index contributed by atoms with van der Waals surface area (Å²) in [6.07, 6.45) is 2.94. The van der Waals surface area contributed by atoms with E-state index in [1.807, 2.05) is 23.5 Å². The van der Waals surface area contributed by atoms with Gasteiger partial charge in [0.2, 0.25) is 0 Å². The van der Waals surface area contributed by atoms with E-state index < -0.39 is 5.60 Å². The average Bonchev–Trinajstić information content (AvgIpc) is 2.68. The maximum absolute atomic E-state index is 10.6. The molecule has 0 amide bonds. The van der Waals surface area contributed by atoms with Gasteiger partial charge in [-0.2, -0.15) is 23.5 Å². The monoisotopic (exact) mass is 234 g/mol. The molecular formula is C10H18O2S2. The second-order valence-electron chi connectivity index (χ2n) is 4.43. The molecule has 0 bridgehead atoms. The van der Waals surface area contributed by atoms with Crippen molar-refractivity contribution in [3.05, 3.63) is 0 Å². The molecule has 2 rings (SSSR count). The summed E-state index contributed by atoms with van der Waals surface area (Å²) in [7, 11) is 0. The molecule has 2 unspecified atom stereocenters. The summed E-state index contributed by atoms with van der Waals surface area (Å²) in [4.78, 5) is 0. The summed E-state index contributed by atoms with van der Waals surface area (Å²) in [6.45, 7) is 0.150. The van der Waals surface area contributed by atoms with Crippen LogP contribution >= 0.6 is 23.5 Å². The molecule has 4 heteroatoms. The van der Waals surface area contributed by atoms with Crippen molar-refractivity contribution >= 4 is 23.5 Å². The highest BCUT2D eigenvalue weighted by molar-refractivity contribution is 7.99. The molecule has 2 heterocycles. The number of rotatable bonds is 2. The predicted octanol–water partition coefficient (Wildman–Crippen LogP) is 1.36. The van der Waals surface area contributed by atoms with Crippen molar-refractivity contribution < 1.29 is 10.2 Å².